The van der Waals surface area contributed by atoms with Crippen molar-refractivity contribution in [1.82, 2.24) is 9.88 Å². The average Bonchev–Trinajstić information content (AvgIpc) is 2.90. The summed E-state index contributed by atoms with van der Waals surface area (Å²) in [5, 5.41) is 0. The van der Waals surface area contributed by atoms with Crippen LogP contribution in [0.5, 0.6) is 5.75 Å². The molecule has 0 spiro atoms. The van der Waals surface area contributed by atoms with Crippen molar-refractivity contribution in [3.8, 4) is 16.9 Å². The lowest BCUT2D eigenvalue weighted by molar-refractivity contribution is -0.122. The number of nitrogens with zero attached hydrogens (tertiary/aromatic N) is 3. The molecule has 1 aliphatic heterocycles. The lowest BCUT2D eigenvalue weighted by atomic mass is 10.0. The summed E-state index contributed by atoms with van der Waals surface area (Å²) in [4.78, 5) is 21.7. The summed E-state index contributed by atoms with van der Waals surface area (Å²) in [5.41, 5.74) is 5.64. The molecule has 3 aromatic rings. The minimum Gasteiger partial charge on any atom is -0.497 e. The summed E-state index contributed by atoms with van der Waals surface area (Å²) in [5.74, 6) is 0.876. The van der Waals surface area contributed by atoms with Crippen LogP contribution in [0.2, 0.25) is 0 Å². The van der Waals surface area contributed by atoms with Crippen molar-refractivity contribution in [2.45, 2.75) is 45.2 Å². The minimum absolute atomic E-state index is 0.00850. The van der Waals surface area contributed by atoms with Crippen molar-refractivity contribution in [2.24, 2.45) is 0 Å². The van der Waals surface area contributed by atoms with Crippen molar-refractivity contribution >= 4 is 11.6 Å². The van der Waals surface area contributed by atoms with E-state index < -0.39 is 0 Å². The number of amides is 1. The maximum absolute atomic E-state index is 13.1. The number of carbonyl (C=O) groups is 1. The van der Waals surface area contributed by atoms with E-state index >= 15 is 0 Å². The molecule has 1 aliphatic rings. The van der Waals surface area contributed by atoms with Crippen molar-refractivity contribution < 1.29 is 14.3 Å². The van der Waals surface area contributed by atoms with Gasteiger partial charge >= 0.3 is 0 Å². The third-order valence-electron chi connectivity index (χ3n) is 6.77. The predicted octanol–water partition coefficient (Wildman–Crippen LogP) is 5.70. The Morgan fingerprint density at radius 2 is 1.58 bits per heavy atom. The Balaban J connectivity index is 1.71. The van der Waals surface area contributed by atoms with Crippen LogP contribution in [-0.2, 0) is 22.6 Å². The Morgan fingerprint density at radius 3 is 2.31 bits per heavy atom. The molecular formula is C30H37N3O3. The Hall–Kier alpha value is -3.22. The van der Waals surface area contributed by atoms with E-state index in [1.807, 2.05) is 41.6 Å². The first-order chi connectivity index (χ1) is 17.7. The Labute approximate surface area is 214 Å². The molecule has 2 aromatic carbocycles. The van der Waals surface area contributed by atoms with E-state index in [4.69, 9.17) is 9.47 Å². The standard InChI is InChI=1S/C30H37N3O3/c1-35-23-30(34)33-19-7-5-3-4-6-18-32(21-24-8-11-28(36-2)12-9-24)22-27-20-26(10-13-29(27)33)25-14-16-31-17-15-25/h8-17,20H,3-7,18-19,21-23H2,1-2H3. The number of pyridine rings is 1. The molecule has 0 atom stereocenters. The van der Waals surface area contributed by atoms with Gasteiger partial charge < -0.3 is 14.4 Å². The van der Waals surface area contributed by atoms with E-state index in [0.29, 0.717) is 6.54 Å². The highest BCUT2D eigenvalue weighted by atomic mass is 16.5. The molecule has 0 aliphatic carbocycles. The van der Waals surface area contributed by atoms with Crippen molar-refractivity contribution in [3.05, 3.63) is 78.1 Å². The van der Waals surface area contributed by atoms with E-state index in [1.54, 1.807) is 14.2 Å². The maximum atomic E-state index is 13.1. The molecule has 0 saturated heterocycles. The fourth-order valence-electron chi connectivity index (χ4n) is 4.86. The van der Waals surface area contributed by atoms with Gasteiger partial charge in [0.15, 0.2) is 0 Å². The molecule has 190 valence electrons. The smallest absolute Gasteiger partial charge is 0.252 e. The van der Waals surface area contributed by atoms with E-state index in [0.717, 1.165) is 60.6 Å². The molecule has 1 aromatic heterocycles. The van der Waals surface area contributed by atoms with Gasteiger partial charge in [-0.1, -0.05) is 37.5 Å². The van der Waals surface area contributed by atoms with E-state index in [9.17, 15) is 4.79 Å². The monoisotopic (exact) mass is 487 g/mol. The maximum Gasteiger partial charge on any atom is 0.252 e. The van der Waals surface area contributed by atoms with Crippen molar-refractivity contribution in [2.75, 3.05) is 38.8 Å². The molecule has 0 N–H and O–H groups in total. The van der Waals surface area contributed by atoms with Crippen molar-refractivity contribution in [3.63, 3.8) is 0 Å². The number of anilines is 1. The van der Waals surface area contributed by atoms with Crippen LogP contribution in [0.3, 0.4) is 0 Å². The van der Waals surface area contributed by atoms with Gasteiger partial charge in [0.05, 0.1) is 7.11 Å². The van der Waals surface area contributed by atoms with Crippen LogP contribution in [0.15, 0.2) is 67.0 Å². The van der Waals surface area contributed by atoms with Gasteiger partial charge in [0.25, 0.3) is 5.91 Å². The molecule has 6 heteroatoms. The van der Waals surface area contributed by atoms with Gasteiger partial charge in [-0.2, -0.15) is 0 Å². The van der Waals surface area contributed by atoms with Crippen LogP contribution >= 0.6 is 0 Å². The fraction of sp³-hybridized carbons (Fsp3) is 0.400. The van der Waals surface area contributed by atoms with E-state index in [2.05, 4.69) is 40.2 Å². The summed E-state index contributed by atoms with van der Waals surface area (Å²) < 4.78 is 10.6. The second kappa shape index (κ2) is 13.2. The molecule has 2 heterocycles. The van der Waals surface area contributed by atoms with Crippen molar-refractivity contribution in [1.29, 1.82) is 0 Å². The van der Waals surface area contributed by atoms with Gasteiger partial charge in [0.1, 0.15) is 12.4 Å². The van der Waals surface area contributed by atoms with Crippen LogP contribution in [0.1, 0.15) is 43.2 Å². The number of hydrogen-bond donors (Lipinski definition) is 0. The van der Waals surface area contributed by atoms with E-state index in [-0.39, 0.29) is 12.5 Å². The summed E-state index contributed by atoms with van der Waals surface area (Å²) in [6.45, 7) is 3.41. The first-order valence-corrected chi connectivity index (χ1v) is 12.9. The van der Waals surface area contributed by atoms with Crippen LogP contribution in [0.4, 0.5) is 5.69 Å². The molecule has 0 radical (unpaired) electrons. The Morgan fingerprint density at radius 1 is 0.861 bits per heavy atom. The van der Waals surface area contributed by atoms with Gasteiger partial charge in [-0.3, -0.25) is 14.7 Å². The normalized spacial score (nSPS) is 15.4. The summed E-state index contributed by atoms with van der Waals surface area (Å²) >= 11 is 0. The number of methoxy groups -OCH3 is 2. The summed E-state index contributed by atoms with van der Waals surface area (Å²) in [6.07, 6.45) is 9.32. The molecule has 0 saturated carbocycles. The van der Waals surface area contributed by atoms with Crippen LogP contribution in [0.25, 0.3) is 11.1 Å². The molecule has 0 bridgehead atoms. The third-order valence-corrected chi connectivity index (χ3v) is 6.77. The number of carbonyl (C=O) groups excluding carboxylic acids is 1. The Bertz CT molecular complexity index is 1100. The van der Waals surface area contributed by atoms with Gasteiger partial charge in [0.2, 0.25) is 0 Å². The van der Waals surface area contributed by atoms with Gasteiger partial charge in [-0.05, 0) is 78.0 Å². The number of benzene rings is 2. The SMILES string of the molecule is COCC(=O)N1CCCCCCCN(Cc2ccc(OC)cc2)Cc2cc(-c3ccncc3)ccc21. The third kappa shape index (κ3) is 6.93. The lowest BCUT2D eigenvalue weighted by Gasteiger charge is -2.30. The zero-order chi connectivity index (χ0) is 25.2. The number of ether oxygens (including phenoxy) is 2. The molecule has 1 amide bonds. The molecule has 6 nitrogen and oxygen atoms in total. The Kier molecular flexibility index (Phi) is 9.47. The molecule has 36 heavy (non-hydrogen) atoms. The molecule has 0 unspecified atom stereocenters. The van der Waals surface area contributed by atoms with Gasteiger partial charge in [0, 0.05) is 44.8 Å². The fourth-order valence-corrected chi connectivity index (χ4v) is 4.86. The number of fused-ring (bicyclic) bond motifs is 1. The van der Waals surface area contributed by atoms with Crippen LogP contribution < -0.4 is 9.64 Å². The lowest BCUT2D eigenvalue weighted by Crippen LogP contribution is -2.36. The highest BCUT2D eigenvalue weighted by Gasteiger charge is 2.21. The van der Waals surface area contributed by atoms with Gasteiger partial charge in [-0.15, -0.1) is 0 Å². The molecule has 4 rings (SSSR count). The number of rotatable bonds is 6. The largest absolute Gasteiger partial charge is 0.497 e. The first kappa shape index (κ1) is 25.9. The topological polar surface area (TPSA) is 54.9 Å². The zero-order valence-electron chi connectivity index (χ0n) is 21.5. The minimum atomic E-state index is 0.00850. The van der Waals surface area contributed by atoms with Crippen LogP contribution in [-0.4, -0.2) is 49.7 Å². The van der Waals surface area contributed by atoms with Crippen LogP contribution in [0, 0.1) is 0 Å². The summed E-state index contributed by atoms with van der Waals surface area (Å²) in [7, 11) is 3.28. The molecule has 0 fully saturated rings. The second-order valence-electron chi connectivity index (χ2n) is 9.38. The number of hydrogen-bond acceptors (Lipinski definition) is 5. The zero-order valence-corrected chi connectivity index (χ0v) is 21.5. The highest BCUT2D eigenvalue weighted by molar-refractivity contribution is 5.95. The first-order valence-electron chi connectivity index (χ1n) is 12.9. The number of aromatic nitrogens is 1. The second-order valence-corrected chi connectivity index (χ2v) is 9.38. The molecular weight excluding hydrogens is 450 g/mol. The summed E-state index contributed by atoms with van der Waals surface area (Å²) in [6, 6.07) is 18.8. The van der Waals surface area contributed by atoms with Gasteiger partial charge in [-0.25, -0.2) is 0 Å². The average molecular weight is 488 g/mol. The predicted molar refractivity (Wildman–Crippen MR) is 144 cm³/mol. The highest BCUT2D eigenvalue weighted by Crippen LogP contribution is 2.30. The van der Waals surface area contributed by atoms with E-state index in [1.165, 1.54) is 24.8 Å². The quantitative estimate of drug-likeness (QED) is 0.446.